The summed E-state index contributed by atoms with van der Waals surface area (Å²) in [5.74, 6) is -0.743. The molecular formula is C13H17N3O4. The van der Waals surface area contributed by atoms with Crippen LogP contribution in [-0.4, -0.2) is 40.0 Å². The minimum Gasteiger partial charge on any atom is -0.502 e. The Kier molecular flexibility index (Phi) is 4.19. The van der Waals surface area contributed by atoms with Gasteiger partial charge in [-0.1, -0.05) is 0 Å². The lowest BCUT2D eigenvalue weighted by atomic mass is 10.0. The first-order valence-corrected chi connectivity index (χ1v) is 6.53. The number of nitro benzene ring substituents is 1. The number of hydrogen-bond donors (Lipinski definition) is 2. The van der Waals surface area contributed by atoms with Gasteiger partial charge < -0.3 is 15.7 Å². The highest BCUT2D eigenvalue weighted by molar-refractivity contribution is 5.95. The summed E-state index contributed by atoms with van der Waals surface area (Å²) in [6.45, 7) is 1.02. The number of phenolic OH excluding ortho intramolecular Hbond substituents is 1. The van der Waals surface area contributed by atoms with Crippen LogP contribution in [0, 0.1) is 10.1 Å². The van der Waals surface area contributed by atoms with Crippen molar-refractivity contribution in [3.63, 3.8) is 0 Å². The number of nitrogens with zero attached hydrogens (tertiary/aromatic N) is 2. The maximum atomic E-state index is 12.4. The van der Waals surface area contributed by atoms with Crippen molar-refractivity contribution in [1.29, 1.82) is 0 Å². The molecule has 1 saturated heterocycles. The molecule has 7 nitrogen and oxygen atoms in total. The number of rotatable bonds is 3. The molecule has 0 aromatic heterocycles. The van der Waals surface area contributed by atoms with E-state index in [4.69, 9.17) is 5.73 Å². The van der Waals surface area contributed by atoms with Crippen molar-refractivity contribution in [3.05, 3.63) is 33.9 Å². The van der Waals surface area contributed by atoms with E-state index < -0.39 is 16.4 Å². The van der Waals surface area contributed by atoms with E-state index in [0.717, 1.165) is 31.4 Å². The molecule has 1 aromatic rings. The first kappa shape index (κ1) is 14.3. The van der Waals surface area contributed by atoms with Gasteiger partial charge in [0, 0.05) is 30.8 Å². The van der Waals surface area contributed by atoms with Crippen LogP contribution in [0.1, 0.15) is 29.6 Å². The van der Waals surface area contributed by atoms with Gasteiger partial charge in [-0.25, -0.2) is 0 Å². The van der Waals surface area contributed by atoms with Crippen molar-refractivity contribution in [2.75, 3.05) is 13.1 Å². The van der Waals surface area contributed by atoms with Gasteiger partial charge in [0.05, 0.1) is 4.92 Å². The van der Waals surface area contributed by atoms with E-state index >= 15 is 0 Å². The monoisotopic (exact) mass is 279 g/mol. The molecule has 1 aliphatic heterocycles. The van der Waals surface area contributed by atoms with E-state index in [1.54, 1.807) is 4.90 Å². The zero-order valence-corrected chi connectivity index (χ0v) is 11.0. The second kappa shape index (κ2) is 5.87. The Morgan fingerprint density at radius 2 is 2.25 bits per heavy atom. The summed E-state index contributed by atoms with van der Waals surface area (Å²) in [7, 11) is 0. The summed E-state index contributed by atoms with van der Waals surface area (Å²) < 4.78 is 0. The predicted octanol–water partition coefficient (Wildman–Crippen LogP) is 1.25. The quantitative estimate of drug-likeness (QED) is 0.639. The minimum absolute atomic E-state index is 0.00594. The third-order valence-electron chi connectivity index (χ3n) is 3.58. The number of benzene rings is 1. The topological polar surface area (TPSA) is 110 Å². The Balaban J connectivity index is 2.24. The van der Waals surface area contributed by atoms with Crippen molar-refractivity contribution in [3.8, 4) is 5.75 Å². The third-order valence-corrected chi connectivity index (χ3v) is 3.58. The number of nitrogens with two attached hydrogens (primary N) is 1. The van der Waals surface area contributed by atoms with Gasteiger partial charge in [-0.3, -0.25) is 14.9 Å². The summed E-state index contributed by atoms with van der Waals surface area (Å²) in [5.41, 5.74) is 5.51. The van der Waals surface area contributed by atoms with Crippen molar-refractivity contribution in [2.45, 2.75) is 25.3 Å². The first-order chi connectivity index (χ1) is 9.54. The SMILES string of the molecule is NCC1CCCCN1C(=O)c1ccc([N+](=O)[O-])c(O)c1. The summed E-state index contributed by atoms with van der Waals surface area (Å²) >= 11 is 0. The molecule has 0 spiro atoms. The molecule has 1 unspecified atom stereocenters. The normalized spacial score (nSPS) is 18.9. The Hall–Kier alpha value is -2.15. The van der Waals surface area contributed by atoms with Crippen molar-refractivity contribution in [2.24, 2.45) is 5.73 Å². The number of piperidine rings is 1. The zero-order chi connectivity index (χ0) is 14.7. The van der Waals surface area contributed by atoms with Gasteiger partial charge in [-0.15, -0.1) is 0 Å². The number of phenols is 1. The Bertz CT molecular complexity index is 532. The fourth-order valence-electron chi connectivity index (χ4n) is 2.49. The van der Waals surface area contributed by atoms with Crippen LogP contribution in [0.25, 0.3) is 0 Å². The average molecular weight is 279 g/mol. The van der Waals surface area contributed by atoms with Gasteiger partial charge in [0.25, 0.3) is 5.91 Å². The maximum Gasteiger partial charge on any atom is 0.310 e. The highest BCUT2D eigenvalue weighted by Crippen LogP contribution is 2.28. The van der Waals surface area contributed by atoms with Crippen LogP contribution in [-0.2, 0) is 0 Å². The van der Waals surface area contributed by atoms with E-state index in [1.807, 2.05) is 0 Å². The molecule has 20 heavy (non-hydrogen) atoms. The number of aromatic hydroxyl groups is 1. The molecule has 0 bridgehead atoms. The molecule has 1 fully saturated rings. The number of likely N-dealkylation sites (tertiary alicyclic amines) is 1. The number of hydrogen-bond acceptors (Lipinski definition) is 5. The van der Waals surface area contributed by atoms with E-state index in [-0.39, 0.29) is 17.5 Å². The molecular weight excluding hydrogens is 262 g/mol. The highest BCUT2D eigenvalue weighted by atomic mass is 16.6. The Labute approximate surface area is 116 Å². The van der Waals surface area contributed by atoms with Gasteiger partial charge >= 0.3 is 5.69 Å². The molecule has 7 heteroatoms. The first-order valence-electron chi connectivity index (χ1n) is 6.53. The van der Waals surface area contributed by atoms with Crippen LogP contribution in [0.15, 0.2) is 18.2 Å². The lowest BCUT2D eigenvalue weighted by molar-refractivity contribution is -0.385. The molecule has 0 saturated carbocycles. The van der Waals surface area contributed by atoms with E-state index in [1.165, 1.54) is 6.07 Å². The summed E-state index contributed by atoms with van der Waals surface area (Å²) in [6.07, 6.45) is 2.82. The predicted molar refractivity (Wildman–Crippen MR) is 72.5 cm³/mol. The third kappa shape index (κ3) is 2.72. The number of carbonyl (C=O) groups is 1. The van der Waals surface area contributed by atoms with Crippen LogP contribution >= 0.6 is 0 Å². The Morgan fingerprint density at radius 3 is 2.85 bits per heavy atom. The van der Waals surface area contributed by atoms with E-state index in [9.17, 15) is 20.0 Å². The summed E-state index contributed by atoms with van der Waals surface area (Å²) in [5, 5.41) is 20.2. The molecule has 1 atom stereocenters. The zero-order valence-electron chi connectivity index (χ0n) is 11.0. The molecule has 108 valence electrons. The molecule has 3 N–H and O–H groups in total. The van der Waals surface area contributed by atoms with Crippen LogP contribution in [0.5, 0.6) is 5.75 Å². The Morgan fingerprint density at radius 1 is 1.50 bits per heavy atom. The minimum atomic E-state index is -0.687. The van der Waals surface area contributed by atoms with Gasteiger partial charge in [-0.2, -0.15) is 0 Å². The average Bonchev–Trinajstić information content (AvgIpc) is 2.45. The summed E-state index contributed by atoms with van der Waals surface area (Å²) in [6, 6.07) is 3.64. The van der Waals surface area contributed by atoms with Crippen molar-refractivity contribution in [1.82, 2.24) is 4.90 Å². The van der Waals surface area contributed by atoms with Gasteiger partial charge in [0.15, 0.2) is 5.75 Å². The fourth-order valence-corrected chi connectivity index (χ4v) is 2.49. The van der Waals surface area contributed by atoms with Crippen molar-refractivity contribution >= 4 is 11.6 Å². The van der Waals surface area contributed by atoms with Gasteiger partial charge in [0.2, 0.25) is 0 Å². The summed E-state index contributed by atoms with van der Waals surface area (Å²) in [4.78, 5) is 24.0. The molecule has 1 heterocycles. The number of carbonyl (C=O) groups excluding carboxylic acids is 1. The second-order valence-corrected chi connectivity index (χ2v) is 4.84. The molecule has 1 aliphatic rings. The maximum absolute atomic E-state index is 12.4. The molecule has 2 rings (SSSR count). The standard InChI is InChI=1S/C13H17N3O4/c14-8-10-3-1-2-6-15(10)13(18)9-4-5-11(16(19)20)12(17)7-9/h4-5,7,10,17H,1-3,6,8,14H2. The second-order valence-electron chi connectivity index (χ2n) is 4.84. The molecule has 0 radical (unpaired) electrons. The lowest BCUT2D eigenvalue weighted by Crippen LogP contribution is -2.47. The fraction of sp³-hybridized carbons (Fsp3) is 0.462. The molecule has 1 amide bonds. The van der Waals surface area contributed by atoms with Gasteiger partial charge in [-0.05, 0) is 31.4 Å². The number of nitro groups is 1. The highest BCUT2D eigenvalue weighted by Gasteiger charge is 2.27. The lowest BCUT2D eigenvalue weighted by Gasteiger charge is -2.35. The number of amides is 1. The van der Waals surface area contributed by atoms with E-state index in [2.05, 4.69) is 0 Å². The molecule has 0 aliphatic carbocycles. The van der Waals surface area contributed by atoms with Crippen LogP contribution in [0.2, 0.25) is 0 Å². The van der Waals surface area contributed by atoms with Crippen LogP contribution in [0.4, 0.5) is 5.69 Å². The van der Waals surface area contributed by atoms with Gasteiger partial charge in [0.1, 0.15) is 0 Å². The smallest absolute Gasteiger partial charge is 0.310 e. The van der Waals surface area contributed by atoms with Crippen LogP contribution < -0.4 is 5.73 Å². The van der Waals surface area contributed by atoms with Crippen LogP contribution in [0.3, 0.4) is 0 Å². The van der Waals surface area contributed by atoms with Crippen molar-refractivity contribution < 1.29 is 14.8 Å². The van der Waals surface area contributed by atoms with E-state index in [0.29, 0.717) is 13.1 Å². The molecule has 1 aromatic carbocycles. The largest absolute Gasteiger partial charge is 0.502 e.